The number of para-hydroxylation sites is 1. The van der Waals surface area contributed by atoms with E-state index < -0.39 is 10.0 Å². The van der Waals surface area contributed by atoms with Crippen LogP contribution in [0.2, 0.25) is 0 Å². The summed E-state index contributed by atoms with van der Waals surface area (Å²) in [5.41, 5.74) is 2.33. The number of sulfonamides is 1. The molecule has 0 aliphatic heterocycles. The molecule has 7 nitrogen and oxygen atoms in total. The molecule has 0 unspecified atom stereocenters. The van der Waals surface area contributed by atoms with Crippen LogP contribution in [0.3, 0.4) is 0 Å². The Balaban J connectivity index is 1.55. The molecule has 1 amide bonds. The Kier molecular flexibility index (Phi) is 5.07. The van der Waals surface area contributed by atoms with Crippen LogP contribution in [0.15, 0.2) is 53.4 Å². The number of anilines is 2. The molecule has 0 bridgehead atoms. The molecule has 0 spiro atoms. The van der Waals surface area contributed by atoms with E-state index in [1.54, 1.807) is 25.1 Å². The Bertz CT molecular complexity index is 1310. The largest absolute Gasteiger partial charge is 0.297 e. The number of nitrogens with zero attached hydrogens (tertiary/aromatic N) is 2. The van der Waals surface area contributed by atoms with Crippen molar-refractivity contribution in [2.75, 3.05) is 10.0 Å². The average molecular weight is 445 g/mol. The van der Waals surface area contributed by atoms with E-state index in [1.165, 1.54) is 23.5 Å². The van der Waals surface area contributed by atoms with E-state index in [0.29, 0.717) is 15.7 Å². The fourth-order valence-corrected chi connectivity index (χ4v) is 5.77. The summed E-state index contributed by atoms with van der Waals surface area (Å²) in [5, 5.41) is 3.41. The predicted octanol–water partition coefficient (Wildman–Crippen LogP) is 4.42. The standard InChI is InChI=1S/C19H16N4O3S3/c1-11-7-6-10-14-15(11)21-18(27-14)22-17(24)16-12(2)20-19(28-16)23-29(25,26)13-8-4-3-5-9-13/h3-10H,1-2H3,(H,20,23)(H,21,22,24). The molecule has 0 atom stereocenters. The molecule has 10 heteroatoms. The number of benzene rings is 2. The number of nitrogens with one attached hydrogen (secondary N) is 2. The summed E-state index contributed by atoms with van der Waals surface area (Å²) in [6, 6.07) is 13.9. The van der Waals surface area contributed by atoms with Crippen LogP contribution in [0.1, 0.15) is 20.9 Å². The van der Waals surface area contributed by atoms with Gasteiger partial charge in [-0.2, -0.15) is 0 Å². The summed E-state index contributed by atoms with van der Waals surface area (Å²) < 4.78 is 28.3. The minimum absolute atomic E-state index is 0.128. The van der Waals surface area contributed by atoms with Crippen LogP contribution in [0.4, 0.5) is 10.3 Å². The zero-order chi connectivity index (χ0) is 20.6. The van der Waals surface area contributed by atoms with Crippen molar-refractivity contribution in [1.29, 1.82) is 0 Å². The van der Waals surface area contributed by atoms with Crippen molar-refractivity contribution in [3.8, 4) is 0 Å². The Hall–Kier alpha value is -2.82. The maximum Gasteiger partial charge on any atom is 0.269 e. The van der Waals surface area contributed by atoms with Gasteiger partial charge in [0, 0.05) is 0 Å². The lowest BCUT2D eigenvalue weighted by molar-refractivity contribution is 0.103. The molecular formula is C19H16N4O3S3. The second-order valence-corrected chi connectivity index (χ2v) is 9.96. The lowest BCUT2D eigenvalue weighted by Gasteiger charge is -2.04. The van der Waals surface area contributed by atoms with Crippen LogP contribution in [0.25, 0.3) is 10.2 Å². The lowest BCUT2D eigenvalue weighted by Crippen LogP contribution is -2.12. The molecule has 0 radical (unpaired) electrons. The van der Waals surface area contributed by atoms with Gasteiger partial charge < -0.3 is 0 Å². The van der Waals surface area contributed by atoms with Gasteiger partial charge in [-0.15, -0.1) is 0 Å². The fraction of sp³-hybridized carbons (Fsp3) is 0.105. The molecule has 4 rings (SSSR count). The number of hydrogen-bond donors (Lipinski definition) is 2. The van der Waals surface area contributed by atoms with Crippen molar-refractivity contribution < 1.29 is 13.2 Å². The number of carbonyl (C=O) groups excluding carboxylic acids is 1. The van der Waals surface area contributed by atoms with Crippen LogP contribution in [-0.4, -0.2) is 24.3 Å². The zero-order valence-electron chi connectivity index (χ0n) is 15.5. The number of carbonyl (C=O) groups is 1. The molecule has 0 saturated heterocycles. The van der Waals surface area contributed by atoms with E-state index in [0.717, 1.165) is 27.1 Å². The van der Waals surface area contributed by atoms with E-state index >= 15 is 0 Å². The molecule has 0 saturated carbocycles. The van der Waals surface area contributed by atoms with Crippen LogP contribution in [-0.2, 0) is 10.0 Å². The maximum atomic E-state index is 12.7. The maximum absolute atomic E-state index is 12.7. The summed E-state index contributed by atoms with van der Waals surface area (Å²) in [6.07, 6.45) is 0. The Morgan fingerprint density at radius 1 is 0.931 bits per heavy atom. The van der Waals surface area contributed by atoms with Gasteiger partial charge in [-0.25, -0.2) is 18.4 Å². The molecule has 2 heterocycles. The highest BCUT2D eigenvalue weighted by atomic mass is 32.2. The highest BCUT2D eigenvalue weighted by Gasteiger charge is 2.21. The first-order valence-corrected chi connectivity index (χ1v) is 11.7. The summed E-state index contributed by atoms with van der Waals surface area (Å²) in [5.74, 6) is -0.373. The molecule has 2 N–H and O–H groups in total. The van der Waals surface area contributed by atoms with Gasteiger partial charge in [0.05, 0.1) is 20.8 Å². The Morgan fingerprint density at radius 2 is 1.69 bits per heavy atom. The van der Waals surface area contributed by atoms with Gasteiger partial charge in [0.1, 0.15) is 4.88 Å². The molecule has 2 aromatic heterocycles. The molecule has 0 fully saturated rings. The topological polar surface area (TPSA) is 101 Å². The van der Waals surface area contributed by atoms with E-state index in [2.05, 4.69) is 20.0 Å². The zero-order valence-corrected chi connectivity index (χ0v) is 17.9. The third-order valence-corrected chi connectivity index (χ3v) is 7.61. The van der Waals surface area contributed by atoms with E-state index in [1.807, 2.05) is 25.1 Å². The number of fused-ring (bicyclic) bond motifs is 1. The number of thiazole rings is 2. The SMILES string of the molecule is Cc1nc(NS(=O)(=O)c2ccccc2)sc1C(=O)Nc1nc2c(C)cccc2s1. The van der Waals surface area contributed by atoms with Gasteiger partial charge >= 0.3 is 0 Å². The third kappa shape index (κ3) is 4.00. The van der Waals surface area contributed by atoms with Crippen molar-refractivity contribution in [3.05, 3.63) is 64.7 Å². The minimum Gasteiger partial charge on any atom is -0.297 e. The van der Waals surface area contributed by atoms with Crippen LogP contribution in [0, 0.1) is 13.8 Å². The fourth-order valence-electron chi connectivity index (χ4n) is 2.72. The lowest BCUT2D eigenvalue weighted by atomic mass is 10.2. The van der Waals surface area contributed by atoms with Crippen LogP contribution in [0.5, 0.6) is 0 Å². The number of hydrogen-bond acceptors (Lipinski definition) is 7. The molecule has 2 aromatic carbocycles. The summed E-state index contributed by atoms with van der Waals surface area (Å²) in [4.78, 5) is 21.8. The van der Waals surface area contributed by atoms with Crippen molar-refractivity contribution in [1.82, 2.24) is 9.97 Å². The highest BCUT2D eigenvalue weighted by Crippen LogP contribution is 2.30. The quantitative estimate of drug-likeness (QED) is 0.474. The van der Waals surface area contributed by atoms with Gasteiger partial charge in [0.15, 0.2) is 10.3 Å². The molecular weight excluding hydrogens is 428 g/mol. The van der Waals surface area contributed by atoms with Crippen molar-refractivity contribution in [2.45, 2.75) is 18.7 Å². The second kappa shape index (κ2) is 7.54. The van der Waals surface area contributed by atoms with E-state index in [4.69, 9.17) is 0 Å². The van der Waals surface area contributed by atoms with E-state index in [-0.39, 0.29) is 15.9 Å². The number of aryl methyl sites for hydroxylation is 2. The normalized spacial score (nSPS) is 11.5. The van der Waals surface area contributed by atoms with Crippen molar-refractivity contribution in [2.24, 2.45) is 0 Å². The number of rotatable bonds is 5. The molecule has 4 aromatic rings. The molecule has 0 aliphatic carbocycles. The molecule has 0 aliphatic rings. The summed E-state index contributed by atoms with van der Waals surface area (Å²) in [6.45, 7) is 3.63. The minimum atomic E-state index is -3.77. The van der Waals surface area contributed by atoms with E-state index in [9.17, 15) is 13.2 Å². The molecule has 29 heavy (non-hydrogen) atoms. The Labute approximate surface area is 175 Å². The van der Waals surface area contributed by atoms with Gasteiger partial charge in [0.2, 0.25) is 0 Å². The highest BCUT2D eigenvalue weighted by molar-refractivity contribution is 7.93. The number of amides is 1. The first-order valence-electron chi connectivity index (χ1n) is 8.56. The van der Waals surface area contributed by atoms with Gasteiger partial charge in [0.25, 0.3) is 15.9 Å². The van der Waals surface area contributed by atoms with Gasteiger partial charge in [-0.1, -0.05) is 53.0 Å². The first-order chi connectivity index (χ1) is 13.8. The first kappa shape index (κ1) is 19.5. The number of aromatic nitrogens is 2. The van der Waals surface area contributed by atoms with Gasteiger partial charge in [-0.3, -0.25) is 14.8 Å². The Morgan fingerprint density at radius 3 is 2.41 bits per heavy atom. The third-order valence-electron chi connectivity index (χ3n) is 4.12. The van der Waals surface area contributed by atoms with Crippen LogP contribution >= 0.6 is 22.7 Å². The monoisotopic (exact) mass is 444 g/mol. The summed E-state index contributed by atoms with van der Waals surface area (Å²) in [7, 11) is -3.77. The van der Waals surface area contributed by atoms with Crippen molar-refractivity contribution >= 4 is 59.1 Å². The van der Waals surface area contributed by atoms with Crippen molar-refractivity contribution in [3.63, 3.8) is 0 Å². The van der Waals surface area contributed by atoms with Gasteiger partial charge in [-0.05, 0) is 37.6 Å². The smallest absolute Gasteiger partial charge is 0.269 e. The summed E-state index contributed by atoms with van der Waals surface area (Å²) >= 11 is 2.37. The second-order valence-electron chi connectivity index (χ2n) is 6.25. The van der Waals surface area contributed by atoms with Crippen LogP contribution < -0.4 is 10.0 Å². The molecule has 148 valence electrons. The average Bonchev–Trinajstić information content (AvgIpc) is 3.25. The predicted molar refractivity (Wildman–Crippen MR) is 116 cm³/mol.